The number of fused-ring (bicyclic) bond motifs is 1. The van der Waals surface area contributed by atoms with Gasteiger partial charge in [-0.3, -0.25) is 4.79 Å². The van der Waals surface area contributed by atoms with Crippen molar-refractivity contribution in [3.8, 4) is 0 Å². The molecule has 1 amide bonds. The molecule has 2 rings (SSSR count). The maximum atomic E-state index is 12.2. The molecule has 0 unspecified atom stereocenters. The molecule has 0 aliphatic heterocycles. The second-order valence-corrected chi connectivity index (χ2v) is 5.51. The molecule has 2 aromatic rings. The van der Waals surface area contributed by atoms with Crippen molar-refractivity contribution >= 4 is 22.9 Å². The van der Waals surface area contributed by atoms with E-state index in [2.05, 4.69) is 15.6 Å². The topological polar surface area (TPSA) is 86.1 Å². The van der Waals surface area contributed by atoms with Crippen LogP contribution in [0, 0.1) is 5.92 Å². The van der Waals surface area contributed by atoms with Crippen molar-refractivity contribution in [1.82, 2.24) is 20.3 Å². The summed E-state index contributed by atoms with van der Waals surface area (Å²) in [5.74, 6) is -0.478. The number of carbonyl (C=O) groups excluding carboxylic acids is 2. The Bertz CT molecular complexity index is 666. The highest BCUT2D eigenvalue weighted by Gasteiger charge is 2.23. The number of amides is 1. The molecule has 1 aromatic heterocycles. The van der Waals surface area contributed by atoms with Gasteiger partial charge < -0.3 is 10.1 Å². The Hall–Kier alpha value is -2.44. The van der Waals surface area contributed by atoms with Gasteiger partial charge in [-0.25, -0.2) is 9.48 Å². The van der Waals surface area contributed by atoms with E-state index in [-0.39, 0.29) is 18.4 Å². The van der Waals surface area contributed by atoms with Crippen LogP contribution >= 0.6 is 0 Å². The van der Waals surface area contributed by atoms with E-state index in [1.54, 1.807) is 0 Å². The Morgan fingerprint density at radius 1 is 1.32 bits per heavy atom. The molecule has 0 saturated heterocycles. The maximum Gasteiger partial charge on any atom is 0.328 e. The number of esters is 1. The van der Waals surface area contributed by atoms with E-state index in [4.69, 9.17) is 4.74 Å². The lowest BCUT2D eigenvalue weighted by Gasteiger charge is -2.18. The lowest BCUT2D eigenvalue weighted by atomic mass is 10.0. The van der Waals surface area contributed by atoms with Crippen molar-refractivity contribution in [1.29, 1.82) is 0 Å². The van der Waals surface area contributed by atoms with E-state index in [0.29, 0.717) is 6.42 Å². The first-order valence-corrected chi connectivity index (χ1v) is 7.16. The molecule has 0 radical (unpaired) electrons. The summed E-state index contributed by atoms with van der Waals surface area (Å²) in [5, 5.41) is 10.6. The van der Waals surface area contributed by atoms with Gasteiger partial charge in [-0.05, 0) is 24.5 Å². The number of nitrogens with one attached hydrogen (secondary N) is 1. The predicted molar refractivity (Wildman–Crippen MR) is 80.9 cm³/mol. The van der Waals surface area contributed by atoms with Crippen molar-refractivity contribution in [3.05, 3.63) is 24.3 Å². The van der Waals surface area contributed by atoms with E-state index in [9.17, 15) is 9.59 Å². The van der Waals surface area contributed by atoms with Crippen molar-refractivity contribution < 1.29 is 14.3 Å². The third-order valence-corrected chi connectivity index (χ3v) is 3.24. The fraction of sp³-hybridized carbons (Fsp3) is 0.467. The molecule has 1 N–H and O–H groups in total. The van der Waals surface area contributed by atoms with Crippen LogP contribution in [0.2, 0.25) is 0 Å². The molecule has 7 nitrogen and oxygen atoms in total. The molecule has 1 atom stereocenters. The highest BCUT2D eigenvalue weighted by Crippen LogP contribution is 2.10. The molecule has 1 heterocycles. The summed E-state index contributed by atoms with van der Waals surface area (Å²) in [6.45, 7) is 3.96. The van der Waals surface area contributed by atoms with Crippen molar-refractivity contribution in [2.45, 2.75) is 32.9 Å². The van der Waals surface area contributed by atoms with Crippen molar-refractivity contribution in [2.75, 3.05) is 7.11 Å². The van der Waals surface area contributed by atoms with Crippen LogP contribution in [0.4, 0.5) is 0 Å². The average Bonchev–Trinajstić information content (AvgIpc) is 2.88. The Kier molecular flexibility index (Phi) is 5.08. The SMILES string of the molecule is COC(=O)[C@H](CC(C)C)NC(=O)Cn1nnc2ccccc21. The van der Waals surface area contributed by atoms with E-state index in [1.165, 1.54) is 11.8 Å². The number of rotatable bonds is 6. The van der Waals surface area contributed by atoms with Gasteiger partial charge >= 0.3 is 5.97 Å². The van der Waals surface area contributed by atoms with Gasteiger partial charge in [0.05, 0.1) is 12.6 Å². The Morgan fingerprint density at radius 3 is 2.73 bits per heavy atom. The molecule has 0 aliphatic carbocycles. The van der Waals surface area contributed by atoms with Crippen LogP contribution in [0.25, 0.3) is 11.0 Å². The molecule has 7 heteroatoms. The molecule has 118 valence electrons. The summed E-state index contributed by atoms with van der Waals surface area (Å²) in [4.78, 5) is 23.9. The van der Waals surface area contributed by atoms with Gasteiger partial charge in [-0.15, -0.1) is 5.10 Å². The fourth-order valence-corrected chi connectivity index (χ4v) is 2.24. The Labute approximate surface area is 128 Å². The summed E-state index contributed by atoms with van der Waals surface area (Å²) in [6.07, 6.45) is 0.524. The summed E-state index contributed by atoms with van der Waals surface area (Å²) >= 11 is 0. The fourth-order valence-electron chi connectivity index (χ4n) is 2.24. The first-order valence-electron chi connectivity index (χ1n) is 7.16. The standard InChI is InChI=1S/C15H20N4O3/c1-10(2)8-12(15(21)22-3)16-14(20)9-19-13-7-5-4-6-11(13)17-18-19/h4-7,10,12H,8-9H2,1-3H3,(H,16,20)/t12-/m0/s1. The van der Waals surface area contributed by atoms with Crippen LogP contribution in [0.5, 0.6) is 0 Å². The number of ether oxygens (including phenoxy) is 1. The molecule has 22 heavy (non-hydrogen) atoms. The van der Waals surface area contributed by atoms with Crippen LogP contribution in [0.15, 0.2) is 24.3 Å². The highest BCUT2D eigenvalue weighted by atomic mass is 16.5. The quantitative estimate of drug-likeness (QED) is 0.809. The van der Waals surface area contributed by atoms with Gasteiger partial charge in [-0.1, -0.05) is 31.2 Å². The zero-order chi connectivity index (χ0) is 16.1. The number of nitrogens with zero attached hydrogens (tertiary/aromatic N) is 3. The summed E-state index contributed by atoms with van der Waals surface area (Å²) in [5.41, 5.74) is 1.50. The van der Waals surface area contributed by atoms with Gasteiger partial charge in [-0.2, -0.15) is 0 Å². The molecule has 0 fully saturated rings. The number of carbonyl (C=O) groups is 2. The molecular weight excluding hydrogens is 284 g/mol. The van der Waals surface area contributed by atoms with E-state index >= 15 is 0 Å². The third-order valence-electron chi connectivity index (χ3n) is 3.24. The molecular formula is C15H20N4O3. The molecule has 0 bridgehead atoms. The number of methoxy groups -OCH3 is 1. The zero-order valence-electron chi connectivity index (χ0n) is 12.9. The first kappa shape index (κ1) is 15.9. The van der Waals surface area contributed by atoms with Crippen LogP contribution in [0.3, 0.4) is 0 Å². The largest absolute Gasteiger partial charge is 0.467 e. The number of aromatic nitrogens is 3. The van der Waals surface area contributed by atoms with E-state index in [0.717, 1.165) is 11.0 Å². The number of para-hydroxylation sites is 1. The predicted octanol–water partition coefficient (Wildman–Crippen LogP) is 1.14. The molecule has 1 aromatic carbocycles. The number of hydrogen-bond acceptors (Lipinski definition) is 5. The van der Waals surface area contributed by atoms with Crippen LogP contribution in [-0.4, -0.2) is 40.0 Å². The summed E-state index contributed by atoms with van der Waals surface area (Å²) in [7, 11) is 1.31. The molecule has 0 saturated carbocycles. The smallest absolute Gasteiger partial charge is 0.328 e. The number of hydrogen-bond donors (Lipinski definition) is 1. The Balaban J connectivity index is 2.06. The average molecular weight is 304 g/mol. The summed E-state index contributed by atoms with van der Waals surface area (Å²) < 4.78 is 6.24. The lowest BCUT2D eigenvalue weighted by molar-refractivity contribution is -0.145. The second kappa shape index (κ2) is 7.02. The number of benzene rings is 1. The Morgan fingerprint density at radius 2 is 2.05 bits per heavy atom. The minimum Gasteiger partial charge on any atom is -0.467 e. The first-order chi connectivity index (χ1) is 10.5. The molecule has 0 spiro atoms. The zero-order valence-corrected chi connectivity index (χ0v) is 12.9. The normalized spacial score (nSPS) is 12.4. The second-order valence-electron chi connectivity index (χ2n) is 5.51. The third kappa shape index (κ3) is 3.81. The van der Waals surface area contributed by atoms with Gasteiger partial charge in [0.1, 0.15) is 18.1 Å². The maximum absolute atomic E-state index is 12.2. The minimum atomic E-state index is -0.646. The van der Waals surface area contributed by atoms with Gasteiger partial charge in [0.2, 0.25) is 5.91 Å². The highest BCUT2D eigenvalue weighted by molar-refractivity contribution is 5.85. The van der Waals surface area contributed by atoms with Crippen LogP contribution in [-0.2, 0) is 20.9 Å². The van der Waals surface area contributed by atoms with E-state index < -0.39 is 12.0 Å². The lowest BCUT2D eigenvalue weighted by Crippen LogP contribution is -2.43. The van der Waals surface area contributed by atoms with Crippen LogP contribution in [0.1, 0.15) is 20.3 Å². The van der Waals surface area contributed by atoms with E-state index in [1.807, 2.05) is 38.1 Å². The van der Waals surface area contributed by atoms with Crippen LogP contribution < -0.4 is 5.32 Å². The summed E-state index contributed by atoms with van der Waals surface area (Å²) in [6, 6.07) is 6.74. The van der Waals surface area contributed by atoms with Crippen molar-refractivity contribution in [2.24, 2.45) is 5.92 Å². The monoisotopic (exact) mass is 304 g/mol. The van der Waals surface area contributed by atoms with Gasteiger partial charge in [0, 0.05) is 0 Å². The minimum absolute atomic E-state index is 0.00605. The van der Waals surface area contributed by atoms with Crippen molar-refractivity contribution in [3.63, 3.8) is 0 Å². The van der Waals surface area contributed by atoms with Gasteiger partial charge in [0.15, 0.2) is 0 Å². The molecule has 0 aliphatic rings. The van der Waals surface area contributed by atoms with Gasteiger partial charge in [0.25, 0.3) is 0 Å².